The van der Waals surface area contributed by atoms with Gasteiger partial charge in [-0.25, -0.2) is 5.06 Å². The van der Waals surface area contributed by atoms with E-state index in [4.69, 9.17) is 4.84 Å². The van der Waals surface area contributed by atoms with Crippen molar-refractivity contribution in [3.8, 4) is 0 Å². The van der Waals surface area contributed by atoms with Gasteiger partial charge >= 0.3 is 0 Å². The second kappa shape index (κ2) is 5.39. The van der Waals surface area contributed by atoms with E-state index in [1.165, 1.54) is 12.2 Å². The molecule has 4 heteroatoms. The molecule has 0 spiro atoms. The zero-order valence-corrected chi connectivity index (χ0v) is 11.5. The number of rotatable bonds is 7. The van der Waals surface area contributed by atoms with Crippen molar-refractivity contribution in [1.29, 1.82) is 0 Å². The van der Waals surface area contributed by atoms with Crippen LogP contribution in [-0.2, 0) is 14.4 Å². The number of nitrogens with zero attached hydrogens (tertiary/aromatic N) is 1. The molecule has 0 aromatic rings. The molecule has 0 aromatic heterocycles. The third kappa shape index (κ3) is 3.10. The maximum absolute atomic E-state index is 12.0. The molecule has 0 aromatic carbocycles. The predicted octanol–water partition coefficient (Wildman–Crippen LogP) is 2.04. The van der Waals surface area contributed by atoms with Crippen LogP contribution in [0.3, 0.4) is 0 Å². The molecule has 3 atom stereocenters. The molecular formula is C14H23NO3. The fraction of sp³-hybridized carbons (Fsp3) is 0.857. The van der Waals surface area contributed by atoms with Gasteiger partial charge in [0.25, 0.3) is 0 Å². The van der Waals surface area contributed by atoms with Crippen molar-refractivity contribution in [1.82, 2.24) is 5.06 Å². The molecular weight excluding hydrogens is 230 g/mol. The topological polar surface area (TPSA) is 46.6 Å². The van der Waals surface area contributed by atoms with E-state index in [0.717, 1.165) is 19.3 Å². The van der Waals surface area contributed by atoms with Crippen molar-refractivity contribution in [2.24, 2.45) is 23.7 Å². The minimum absolute atomic E-state index is 0.0320. The summed E-state index contributed by atoms with van der Waals surface area (Å²) in [5, 5.41) is 1.43. The van der Waals surface area contributed by atoms with Gasteiger partial charge in [-0.1, -0.05) is 13.8 Å². The number of ketones is 1. The first kappa shape index (κ1) is 13.5. The van der Waals surface area contributed by atoms with Crippen molar-refractivity contribution in [3.63, 3.8) is 0 Å². The molecule has 1 unspecified atom stereocenters. The molecule has 18 heavy (non-hydrogen) atoms. The largest absolute Gasteiger partial charge is 0.299 e. The minimum atomic E-state index is 0.0320. The number of amides is 1. The van der Waals surface area contributed by atoms with Gasteiger partial charge in [0.1, 0.15) is 5.78 Å². The maximum atomic E-state index is 12.0. The zero-order valence-electron chi connectivity index (χ0n) is 11.5. The van der Waals surface area contributed by atoms with Gasteiger partial charge in [-0.05, 0) is 31.6 Å². The van der Waals surface area contributed by atoms with Gasteiger partial charge < -0.3 is 0 Å². The first-order valence-electron chi connectivity index (χ1n) is 6.93. The number of carbonyl (C=O) groups is 2. The van der Waals surface area contributed by atoms with Gasteiger partial charge in [-0.15, -0.1) is 0 Å². The molecule has 0 radical (unpaired) electrons. The Labute approximate surface area is 109 Å². The van der Waals surface area contributed by atoms with Crippen LogP contribution >= 0.6 is 0 Å². The second-order valence-electron chi connectivity index (χ2n) is 5.81. The summed E-state index contributed by atoms with van der Waals surface area (Å²) in [5.74, 6) is 1.47. The summed E-state index contributed by atoms with van der Waals surface area (Å²) in [6, 6.07) is 0. The molecule has 0 N–H and O–H groups in total. The van der Waals surface area contributed by atoms with Crippen molar-refractivity contribution in [2.45, 2.75) is 39.5 Å². The van der Waals surface area contributed by atoms with E-state index < -0.39 is 0 Å². The van der Waals surface area contributed by atoms with Crippen LogP contribution in [0.1, 0.15) is 39.5 Å². The standard InChI is InChI=1S/C14H23NO3/c1-9(13(16)12-8-10(12)2)6-7-15(18-3)14(17)11-4-5-11/h9-12H,4-8H2,1-3H3/t9-,10-,12?/m0/s1. The van der Waals surface area contributed by atoms with Crippen LogP contribution in [-0.4, -0.2) is 30.4 Å². The summed E-state index contributed by atoms with van der Waals surface area (Å²) in [6.07, 6.45) is 3.70. The van der Waals surface area contributed by atoms with Crippen molar-refractivity contribution < 1.29 is 14.4 Å². The second-order valence-corrected chi connectivity index (χ2v) is 5.81. The van der Waals surface area contributed by atoms with Crippen LogP contribution < -0.4 is 0 Å². The summed E-state index contributed by atoms with van der Waals surface area (Å²) in [6.45, 7) is 4.61. The Morgan fingerprint density at radius 2 is 2.00 bits per heavy atom. The molecule has 1 amide bonds. The van der Waals surface area contributed by atoms with E-state index >= 15 is 0 Å². The maximum Gasteiger partial charge on any atom is 0.249 e. The van der Waals surface area contributed by atoms with Crippen LogP contribution in [0.5, 0.6) is 0 Å². The molecule has 0 heterocycles. The fourth-order valence-electron chi connectivity index (χ4n) is 2.36. The highest BCUT2D eigenvalue weighted by Gasteiger charge is 2.41. The van der Waals surface area contributed by atoms with Crippen LogP contribution in [0.4, 0.5) is 0 Å². The van der Waals surface area contributed by atoms with E-state index in [1.807, 2.05) is 6.92 Å². The third-order valence-electron chi connectivity index (χ3n) is 4.12. The van der Waals surface area contributed by atoms with Crippen LogP contribution in [0.15, 0.2) is 0 Å². The van der Waals surface area contributed by atoms with E-state index in [0.29, 0.717) is 24.7 Å². The van der Waals surface area contributed by atoms with E-state index in [1.54, 1.807) is 0 Å². The number of hydrogen-bond donors (Lipinski definition) is 0. The van der Waals surface area contributed by atoms with Crippen molar-refractivity contribution in [2.75, 3.05) is 13.7 Å². The zero-order chi connectivity index (χ0) is 13.3. The monoisotopic (exact) mass is 253 g/mol. The summed E-state index contributed by atoms with van der Waals surface area (Å²) in [7, 11) is 1.52. The lowest BCUT2D eigenvalue weighted by atomic mass is 9.98. The molecule has 102 valence electrons. The fourth-order valence-corrected chi connectivity index (χ4v) is 2.36. The van der Waals surface area contributed by atoms with Gasteiger partial charge in [0, 0.05) is 24.3 Å². The Balaban J connectivity index is 1.74. The van der Waals surface area contributed by atoms with E-state index in [-0.39, 0.29) is 23.7 Å². The predicted molar refractivity (Wildman–Crippen MR) is 67.5 cm³/mol. The lowest BCUT2D eigenvalue weighted by Crippen LogP contribution is -2.33. The Bertz CT molecular complexity index is 338. The molecule has 0 saturated heterocycles. The van der Waals surface area contributed by atoms with Crippen molar-refractivity contribution in [3.05, 3.63) is 0 Å². The Morgan fingerprint density at radius 3 is 2.44 bits per heavy atom. The molecule has 2 aliphatic rings. The van der Waals surface area contributed by atoms with Gasteiger partial charge in [0.15, 0.2) is 0 Å². The lowest BCUT2D eigenvalue weighted by Gasteiger charge is -2.21. The van der Waals surface area contributed by atoms with Gasteiger partial charge in [-0.3, -0.25) is 14.4 Å². The number of hydroxylamine groups is 2. The molecule has 2 aliphatic carbocycles. The lowest BCUT2D eigenvalue weighted by molar-refractivity contribution is -0.178. The average molecular weight is 253 g/mol. The van der Waals surface area contributed by atoms with E-state index in [9.17, 15) is 9.59 Å². The molecule has 0 aliphatic heterocycles. The summed E-state index contributed by atoms with van der Waals surface area (Å²) in [5.41, 5.74) is 0. The highest BCUT2D eigenvalue weighted by Crippen LogP contribution is 2.40. The Kier molecular flexibility index (Phi) is 4.05. The molecule has 2 fully saturated rings. The van der Waals surface area contributed by atoms with E-state index in [2.05, 4.69) is 6.92 Å². The number of carbonyl (C=O) groups excluding carboxylic acids is 2. The quantitative estimate of drug-likeness (QED) is 0.652. The number of hydrogen-bond acceptors (Lipinski definition) is 3. The highest BCUT2D eigenvalue weighted by molar-refractivity contribution is 5.85. The smallest absolute Gasteiger partial charge is 0.249 e. The third-order valence-corrected chi connectivity index (χ3v) is 4.12. The van der Waals surface area contributed by atoms with Gasteiger partial charge in [0.05, 0.1) is 7.11 Å². The Hall–Kier alpha value is -0.900. The van der Waals surface area contributed by atoms with Crippen LogP contribution in [0, 0.1) is 23.7 Å². The molecule has 2 saturated carbocycles. The van der Waals surface area contributed by atoms with Crippen LogP contribution in [0.2, 0.25) is 0 Å². The molecule has 2 rings (SSSR count). The van der Waals surface area contributed by atoms with Crippen molar-refractivity contribution >= 4 is 11.7 Å². The molecule has 4 nitrogen and oxygen atoms in total. The molecule has 0 bridgehead atoms. The minimum Gasteiger partial charge on any atom is -0.299 e. The normalized spacial score (nSPS) is 27.7. The number of Topliss-reactive ketones (excluding diaryl/α,β-unsaturated/α-hetero) is 1. The van der Waals surface area contributed by atoms with Gasteiger partial charge in [-0.2, -0.15) is 0 Å². The SMILES string of the molecule is CON(CC[C@H](C)C(=O)C1C[C@@H]1C)C(=O)C1CC1. The first-order valence-corrected chi connectivity index (χ1v) is 6.93. The summed E-state index contributed by atoms with van der Waals surface area (Å²) >= 11 is 0. The van der Waals surface area contributed by atoms with Gasteiger partial charge in [0.2, 0.25) is 5.91 Å². The summed E-state index contributed by atoms with van der Waals surface area (Å²) < 4.78 is 0. The first-order chi connectivity index (χ1) is 8.54. The Morgan fingerprint density at radius 1 is 1.39 bits per heavy atom. The van der Waals surface area contributed by atoms with Crippen LogP contribution in [0.25, 0.3) is 0 Å². The average Bonchev–Trinajstić information content (AvgIpc) is 3.23. The summed E-state index contributed by atoms with van der Waals surface area (Å²) in [4.78, 5) is 28.9. The highest BCUT2D eigenvalue weighted by atomic mass is 16.7.